The van der Waals surface area contributed by atoms with Crippen LogP contribution in [0.15, 0.2) is 24.3 Å². The molecule has 1 aromatic carbocycles. The van der Waals surface area contributed by atoms with Crippen LogP contribution in [0, 0.1) is 11.3 Å². The Hall–Kier alpha value is -2.04. The van der Waals surface area contributed by atoms with Crippen LogP contribution in [0.3, 0.4) is 0 Å². The number of hydrogen-bond donors (Lipinski definition) is 1. The van der Waals surface area contributed by atoms with Crippen molar-refractivity contribution in [2.24, 2.45) is 11.3 Å². The Morgan fingerprint density at radius 2 is 1.61 bits per heavy atom. The number of carboxylic acid groups (broad SMARTS) is 1. The lowest BCUT2D eigenvalue weighted by Crippen LogP contribution is -2.45. The van der Waals surface area contributed by atoms with Gasteiger partial charge in [0.25, 0.3) is 0 Å². The number of benzene rings is 1. The Labute approximate surface area is 169 Å². The second-order valence-electron chi connectivity index (χ2n) is 9.94. The molecule has 1 aliphatic rings. The number of nitrogens with zero attached hydrogens (tertiary/aromatic N) is 1. The maximum Gasteiger partial charge on any atom is 0.410 e. The number of amides is 1. The first-order valence-corrected chi connectivity index (χ1v) is 10.2. The molecule has 0 aromatic heterocycles. The van der Waals surface area contributed by atoms with Crippen molar-refractivity contribution in [1.29, 1.82) is 0 Å². The fourth-order valence-electron chi connectivity index (χ4n) is 3.97. The molecule has 1 saturated carbocycles. The van der Waals surface area contributed by atoms with E-state index in [-0.39, 0.29) is 29.7 Å². The molecule has 1 aromatic rings. The summed E-state index contributed by atoms with van der Waals surface area (Å²) in [6.45, 7) is 12.6. The average molecular weight is 390 g/mol. The lowest BCUT2D eigenvalue weighted by Gasteiger charge is -2.41. The van der Waals surface area contributed by atoms with Crippen molar-refractivity contribution in [3.8, 4) is 0 Å². The highest BCUT2D eigenvalue weighted by Crippen LogP contribution is 2.39. The number of carboxylic acids is 1. The Morgan fingerprint density at radius 3 is 2.11 bits per heavy atom. The van der Waals surface area contributed by atoms with Crippen molar-refractivity contribution in [3.05, 3.63) is 35.4 Å². The quantitative estimate of drug-likeness (QED) is 0.714. The summed E-state index contributed by atoms with van der Waals surface area (Å²) < 4.78 is 5.66. The topological polar surface area (TPSA) is 66.8 Å². The highest BCUT2D eigenvalue weighted by Gasteiger charge is 2.35. The number of rotatable bonds is 4. The van der Waals surface area contributed by atoms with Gasteiger partial charge in [0, 0.05) is 6.04 Å². The van der Waals surface area contributed by atoms with E-state index in [1.807, 2.05) is 26.8 Å². The van der Waals surface area contributed by atoms with Gasteiger partial charge in [0.15, 0.2) is 0 Å². The fourth-order valence-corrected chi connectivity index (χ4v) is 3.97. The van der Waals surface area contributed by atoms with E-state index in [0.717, 1.165) is 25.7 Å². The molecule has 0 aliphatic heterocycles. The van der Waals surface area contributed by atoms with Gasteiger partial charge in [0.1, 0.15) is 5.60 Å². The summed E-state index contributed by atoms with van der Waals surface area (Å²) >= 11 is 0. The highest BCUT2D eigenvalue weighted by molar-refractivity contribution is 5.89. The van der Waals surface area contributed by atoms with E-state index in [4.69, 9.17) is 4.74 Å². The molecule has 0 radical (unpaired) electrons. The molecule has 28 heavy (non-hydrogen) atoms. The highest BCUT2D eigenvalue weighted by atomic mass is 16.6. The monoisotopic (exact) mass is 389 g/mol. The van der Waals surface area contributed by atoms with Crippen LogP contribution < -0.4 is 0 Å². The average Bonchev–Trinajstić information content (AvgIpc) is 2.57. The third-order valence-electron chi connectivity index (χ3n) is 5.58. The van der Waals surface area contributed by atoms with E-state index in [1.165, 1.54) is 0 Å². The molecule has 1 amide bonds. The Balaban J connectivity index is 2.24. The predicted octanol–water partition coefficient (Wildman–Crippen LogP) is 5.73. The van der Waals surface area contributed by atoms with Gasteiger partial charge >= 0.3 is 12.1 Å². The standard InChI is InChI=1S/C23H35NO4/c1-22(2,3)17-11-13-18(14-12-17)24(21(27)28-23(4,5)6)15-16-9-7-8-10-19(16)20(25)26/h7-10,17-18H,11-15H2,1-6H3,(H,25,26). The summed E-state index contributed by atoms with van der Waals surface area (Å²) in [6.07, 6.45) is 3.58. The van der Waals surface area contributed by atoms with Gasteiger partial charge in [0.05, 0.1) is 12.1 Å². The van der Waals surface area contributed by atoms with Gasteiger partial charge in [-0.05, 0) is 69.4 Å². The zero-order valence-electron chi connectivity index (χ0n) is 18.1. The molecule has 0 atom stereocenters. The van der Waals surface area contributed by atoms with Crippen molar-refractivity contribution in [2.45, 2.75) is 85.4 Å². The van der Waals surface area contributed by atoms with Crippen LogP contribution in [-0.4, -0.2) is 33.7 Å². The number of carbonyl (C=O) groups excluding carboxylic acids is 1. The van der Waals surface area contributed by atoms with Gasteiger partial charge in [-0.2, -0.15) is 0 Å². The molecule has 0 spiro atoms. The second kappa shape index (κ2) is 8.54. The minimum Gasteiger partial charge on any atom is -0.478 e. The normalized spacial score (nSPS) is 20.5. The molecule has 156 valence electrons. The molecule has 0 bridgehead atoms. The van der Waals surface area contributed by atoms with Crippen molar-refractivity contribution in [2.75, 3.05) is 0 Å². The zero-order valence-corrected chi connectivity index (χ0v) is 18.1. The fraction of sp³-hybridized carbons (Fsp3) is 0.652. The van der Waals surface area contributed by atoms with Crippen LogP contribution in [0.5, 0.6) is 0 Å². The van der Waals surface area contributed by atoms with Crippen LogP contribution in [0.2, 0.25) is 0 Å². The second-order valence-corrected chi connectivity index (χ2v) is 9.94. The molecule has 0 saturated heterocycles. The van der Waals surface area contributed by atoms with Gasteiger partial charge in [-0.1, -0.05) is 39.0 Å². The molecule has 5 heteroatoms. The zero-order chi connectivity index (χ0) is 21.1. The van der Waals surface area contributed by atoms with Crippen LogP contribution in [0.4, 0.5) is 4.79 Å². The van der Waals surface area contributed by atoms with Crippen LogP contribution in [0.25, 0.3) is 0 Å². The molecule has 0 unspecified atom stereocenters. The van der Waals surface area contributed by atoms with E-state index < -0.39 is 11.6 Å². The molecular formula is C23H35NO4. The van der Waals surface area contributed by atoms with Gasteiger partial charge in [0.2, 0.25) is 0 Å². The predicted molar refractivity (Wildman–Crippen MR) is 110 cm³/mol. The van der Waals surface area contributed by atoms with E-state index in [0.29, 0.717) is 11.5 Å². The number of aromatic carboxylic acids is 1. The van der Waals surface area contributed by atoms with Crippen LogP contribution in [-0.2, 0) is 11.3 Å². The van der Waals surface area contributed by atoms with Gasteiger partial charge < -0.3 is 14.7 Å². The van der Waals surface area contributed by atoms with Gasteiger partial charge in [-0.15, -0.1) is 0 Å². The van der Waals surface area contributed by atoms with Crippen molar-refractivity contribution in [1.82, 2.24) is 4.90 Å². The molecule has 1 fully saturated rings. The third kappa shape index (κ3) is 5.98. The Kier molecular flexibility index (Phi) is 6.79. The Bertz CT molecular complexity index is 691. The van der Waals surface area contributed by atoms with E-state index in [9.17, 15) is 14.7 Å². The largest absolute Gasteiger partial charge is 0.478 e. The SMILES string of the molecule is CC(C)(C)OC(=O)N(Cc1ccccc1C(=O)O)C1CCC(C(C)(C)C)CC1. The molecule has 1 N–H and O–H groups in total. The van der Waals surface area contributed by atoms with Gasteiger partial charge in [-0.3, -0.25) is 0 Å². The molecule has 0 heterocycles. The van der Waals surface area contributed by atoms with Crippen LogP contribution in [0.1, 0.15) is 83.1 Å². The van der Waals surface area contributed by atoms with E-state index in [1.54, 1.807) is 23.1 Å². The summed E-state index contributed by atoms with van der Waals surface area (Å²) in [4.78, 5) is 26.3. The first-order valence-electron chi connectivity index (χ1n) is 10.2. The van der Waals surface area contributed by atoms with E-state index >= 15 is 0 Å². The maximum absolute atomic E-state index is 13.0. The van der Waals surface area contributed by atoms with Gasteiger partial charge in [-0.25, -0.2) is 9.59 Å². The molecule has 5 nitrogen and oxygen atoms in total. The summed E-state index contributed by atoms with van der Waals surface area (Å²) in [6, 6.07) is 6.95. The van der Waals surface area contributed by atoms with Crippen molar-refractivity contribution < 1.29 is 19.4 Å². The minimum absolute atomic E-state index is 0.0651. The number of ether oxygens (including phenoxy) is 1. The first-order chi connectivity index (χ1) is 12.9. The maximum atomic E-state index is 13.0. The van der Waals surface area contributed by atoms with Crippen LogP contribution >= 0.6 is 0 Å². The molecule has 2 rings (SSSR count). The summed E-state index contributed by atoms with van der Waals surface area (Å²) in [7, 11) is 0. The van der Waals surface area contributed by atoms with E-state index in [2.05, 4.69) is 20.8 Å². The summed E-state index contributed by atoms with van der Waals surface area (Å²) in [5, 5.41) is 9.50. The lowest BCUT2D eigenvalue weighted by molar-refractivity contribution is 0.00475. The molecule has 1 aliphatic carbocycles. The first kappa shape index (κ1) is 22.3. The third-order valence-corrected chi connectivity index (χ3v) is 5.58. The lowest BCUT2D eigenvalue weighted by atomic mass is 9.71. The molecular weight excluding hydrogens is 354 g/mol. The number of carbonyl (C=O) groups is 2. The minimum atomic E-state index is -0.976. The van der Waals surface area contributed by atoms with Crippen molar-refractivity contribution >= 4 is 12.1 Å². The summed E-state index contributed by atoms with van der Waals surface area (Å²) in [5.41, 5.74) is 0.542. The summed E-state index contributed by atoms with van der Waals surface area (Å²) in [5.74, 6) is -0.341. The number of hydrogen-bond acceptors (Lipinski definition) is 3. The smallest absolute Gasteiger partial charge is 0.410 e. The van der Waals surface area contributed by atoms with Crippen molar-refractivity contribution in [3.63, 3.8) is 0 Å². The Morgan fingerprint density at radius 1 is 1.04 bits per heavy atom.